The molecule has 3 aromatic rings. The number of hydrogen-bond donors (Lipinski definition) is 2. The second-order valence-corrected chi connectivity index (χ2v) is 9.77. The number of halogens is 2. The highest BCUT2D eigenvalue weighted by molar-refractivity contribution is 9.10. The summed E-state index contributed by atoms with van der Waals surface area (Å²) in [6.45, 7) is 0. The lowest BCUT2D eigenvalue weighted by molar-refractivity contribution is -0.117. The van der Waals surface area contributed by atoms with Gasteiger partial charge in [-0.15, -0.1) is 0 Å². The van der Waals surface area contributed by atoms with Gasteiger partial charge in [-0.2, -0.15) is 4.72 Å². The zero-order chi connectivity index (χ0) is 20.9. The van der Waals surface area contributed by atoms with Crippen molar-refractivity contribution in [3.63, 3.8) is 0 Å². The normalized spacial score (nSPS) is 12.3. The molecule has 0 radical (unpaired) electrons. The smallest absolute Gasteiger partial charge is 0.242 e. The maximum Gasteiger partial charge on any atom is 0.242 e. The Balaban J connectivity index is 1.87. The van der Waals surface area contributed by atoms with Gasteiger partial charge in [-0.25, -0.2) is 8.42 Å². The van der Waals surface area contributed by atoms with Gasteiger partial charge in [0.15, 0.2) is 0 Å². The van der Waals surface area contributed by atoms with Crippen LogP contribution in [0.5, 0.6) is 0 Å². The van der Waals surface area contributed by atoms with Crippen molar-refractivity contribution < 1.29 is 13.2 Å². The molecule has 0 aromatic heterocycles. The van der Waals surface area contributed by atoms with E-state index in [0.717, 1.165) is 10.0 Å². The third-order valence-electron chi connectivity index (χ3n) is 4.15. The molecule has 0 aliphatic heterocycles. The molecule has 2 N–H and O–H groups in total. The van der Waals surface area contributed by atoms with Gasteiger partial charge in [0.1, 0.15) is 6.04 Å². The van der Waals surface area contributed by atoms with Crippen LogP contribution in [-0.4, -0.2) is 20.4 Å². The lowest BCUT2D eigenvalue weighted by atomic mass is 10.1. The molecule has 1 amide bonds. The van der Waals surface area contributed by atoms with Crippen LogP contribution < -0.4 is 10.0 Å². The topological polar surface area (TPSA) is 75.3 Å². The summed E-state index contributed by atoms with van der Waals surface area (Å²) in [4.78, 5) is 13.1. The number of amides is 1. The molecular weight excluding hydrogens is 520 g/mol. The van der Waals surface area contributed by atoms with E-state index in [1.54, 1.807) is 30.3 Å². The molecule has 0 spiro atoms. The molecule has 150 valence electrons. The minimum Gasteiger partial charge on any atom is -0.324 e. The number of nitrogens with one attached hydrogen (secondary N) is 2. The first-order chi connectivity index (χ1) is 13.8. The quantitative estimate of drug-likeness (QED) is 0.457. The van der Waals surface area contributed by atoms with Crippen LogP contribution in [0, 0.1) is 0 Å². The van der Waals surface area contributed by atoms with Gasteiger partial charge in [0.2, 0.25) is 15.9 Å². The van der Waals surface area contributed by atoms with Crippen molar-refractivity contribution in [3.05, 3.63) is 93.4 Å². The fourth-order valence-electron chi connectivity index (χ4n) is 2.69. The van der Waals surface area contributed by atoms with E-state index in [4.69, 9.17) is 0 Å². The van der Waals surface area contributed by atoms with Gasteiger partial charge in [-0.05, 0) is 64.3 Å². The molecule has 1 atom stereocenters. The van der Waals surface area contributed by atoms with E-state index in [1.807, 2.05) is 36.4 Å². The van der Waals surface area contributed by atoms with Crippen LogP contribution in [0.25, 0.3) is 0 Å². The fourth-order valence-corrected chi connectivity index (χ4v) is 4.53. The molecule has 0 fully saturated rings. The Morgan fingerprint density at radius 1 is 0.862 bits per heavy atom. The highest BCUT2D eigenvalue weighted by Crippen LogP contribution is 2.22. The number of sulfonamides is 1. The first-order valence-corrected chi connectivity index (χ1v) is 11.8. The van der Waals surface area contributed by atoms with Crippen molar-refractivity contribution in [2.45, 2.75) is 17.4 Å². The highest BCUT2D eigenvalue weighted by atomic mass is 79.9. The summed E-state index contributed by atoms with van der Waals surface area (Å²) < 4.78 is 29.7. The van der Waals surface area contributed by atoms with Crippen LogP contribution >= 0.6 is 31.9 Å². The Bertz CT molecular complexity index is 1090. The van der Waals surface area contributed by atoms with E-state index in [1.165, 1.54) is 12.1 Å². The van der Waals surface area contributed by atoms with Crippen molar-refractivity contribution in [1.29, 1.82) is 0 Å². The van der Waals surface area contributed by atoms with E-state index in [-0.39, 0.29) is 11.3 Å². The standard InChI is InChI=1S/C21H18Br2N2O3S/c22-16-10-12-17(13-11-16)29(27,28)25-20(14-15-6-2-1-3-7-15)21(26)24-19-9-5-4-8-18(19)23/h1-13,20,25H,14H2,(H,24,26)/t20-/m0/s1. The Labute approximate surface area is 186 Å². The zero-order valence-electron chi connectivity index (χ0n) is 15.2. The van der Waals surface area contributed by atoms with Crippen molar-refractivity contribution in [2.24, 2.45) is 0 Å². The fraction of sp³-hybridized carbons (Fsp3) is 0.0952. The van der Waals surface area contributed by atoms with Gasteiger partial charge >= 0.3 is 0 Å². The van der Waals surface area contributed by atoms with Crippen molar-refractivity contribution in [3.8, 4) is 0 Å². The molecule has 3 aromatic carbocycles. The Morgan fingerprint density at radius 2 is 1.48 bits per heavy atom. The van der Waals surface area contributed by atoms with E-state index >= 15 is 0 Å². The van der Waals surface area contributed by atoms with Gasteiger partial charge in [0.05, 0.1) is 10.6 Å². The maximum absolute atomic E-state index is 13.0. The van der Waals surface area contributed by atoms with Gasteiger partial charge in [0.25, 0.3) is 0 Å². The van der Waals surface area contributed by atoms with Crippen LogP contribution in [0.15, 0.2) is 92.7 Å². The van der Waals surface area contributed by atoms with E-state index in [0.29, 0.717) is 10.2 Å². The number of carbonyl (C=O) groups excluding carboxylic acids is 1. The van der Waals surface area contributed by atoms with Gasteiger partial charge < -0.3 is 5.32 Å². The third-order valence-corrected chi connectivity index (χ3v) is 6.86. The first-order valence-electron chi connectivity index (χ1n) is 8.72. The van der Waals surface area contributed by atoms with E-state index in [9.17, 15) is 13.2 Å². The SMILES string of the molecule is O=C(Nc1ccccc1Br)[C@H](Cc1ccccc1)NS(=O)(=O)c1ccc(Br)cc1. The molecule has 0 bridgehead atoms. The monoisotopic (exact) mass is 536 g/mol. The molecule has 0 heterocycles. The minimum absolute atomic E-state index is 0.0902. The number of para-hydroxylation sites is 1. The number of rotatable bonds is 7. The highest BCUT2D eigenvalue weighted by Gasteiger charge is 2.26. The summed E-state index contributed by atoms with van der Waals surface area (Å²) in [6.07, 6.45) is 0.215. The predicted octanol–water partition coefficient (Wildman–Crippen LogP) is 4.74. The lowest BCUT2D eigenvalue weighted by Crippen LogP contribution is -2.45. The number of carbonyl (C=O) groups is 1. The average molecular weight is 538 g/mol. The second kappa shape index (κ2) is 9.67. The Kier molecular flexibility index (Phi) is 7.23. The summed E-state index contributed by atoms with van der Waals surface area (Å²) in [7, 11) is -3.89. The van der Waals surface area contributed by atoms with Gasteiger partial charge in [0, 0.05) is 8.95 Å². The molecule has 8 heteroatoms. The van der Waals surface area contributed by atoms with Crippen molar-refractivity contribution >= 4 is 53.5 Å². The number of anilines is 1. The molecular formula is C21H18Br2N2O3S. The molecule has 5 nitrogen and oxygen atoms in total. The summed E-state index contributed by atoms with van der Waals surface area (Å²) in [6, 6.07) is 21.7. The summed E-state index contributed by atoms with van der Waals surface area (Å²) in [5, 5.41) is 2.79. The zero-order valence-corrected chi connectivity index (χ0v) is 19.2. The largest absolute Gasteiger partial charge is 0.324 e. The van der Waals surface area contributed by atoms with Crippen molar-refractivity contribution in [2.75, 3.05) is 5.32 Å². The van der Waals surface area contributed by atoms with Crippen LogP contribution in [-0.2, 0) is 21.2 Å². The first kappa shape index (κ1) is 21.7. The molecule has 0 saturated carbocycles. The summed E-state index contributed by atoms with van der Waals surface area (Å²) in [5.74, 6) is -0.443. The van der Waals surface area contributed by atoms with Crippen LogP contribution in [0.1, 0.15) is 5.56 Å². The van der Waals surface area contributed by atoms with E-state index < -0.39 is 22.0 Å². The molecule has 0 unspecified atom stereocenters. The van der Waals surface area contributed by atoms with Gasteiger partial charge in [-0.3, -0.25) is 4.79 Å². The maximum atomic E-state index is 13.0. The molecule has 0 aliphatic carbocycles. The molecule has 29 heavy (non-hydrogen) atoms. The predicted molar refractivity (Wildman–Crippen MR) is 121 cm³/mol. The Morgan fingerprint density at radius 3 is 2.14 bits per heavy atom. The third kappa shape index (κ3) is 5.99. The molecule has 0 saturated heterocycles. The van der Waals surface area contributed by atoms with E-state index in [2.05, 4.69) is 41.9 Å². The summed E-state index contributed by atoms with van der Waals surface area (Å²) in [5.41, 5.74) is 1.41. The second-order valence-electron chi connectivity index (χ2n) is 6.29. The summed E-state index contributed by atoms with van der Waals surface area (Å²) >= 11 is 6.68. The van der Waals surface area contributed by atoms with Gasteiger partial charge in [-0.1, -0.05) is 58.4 Å². The number of benzene rings is 3. The Hall–Kier alpha value is -2.00. The average Bonchev–Trinajstić information content (AvgIpc) is 2.70. The van der Waals surface area contributed by atoms with Crippen LogP contribution in [0.4, 0.5) is 5.69 Å². The molecule has 3 rings (SSSR count). The number of hydrogen-bond acceptors (Lipinski definition) is 3. The minimum atomic E-state index is -3.89. The lowest BCUT2D eigenvalue weighted by Gasteiger charge is -2.19. The molecule has 0 aliphatic rings. The van der Waals surface area contributed by atoms with Crippen LogP contribution in [0.2, 0.25) is 0 Å². The van der Waals surface area contributed by atoms with Crippen molar-refractivity contribution in [1.82, 2.24) is 4.72 Å². The van der Waals surface area contributed by atoms with Crippen LogP contribution in [0.3, 0.4) is 0 Å².